The van der Waals surface area contributed by atoms with E-state index in [9.17, 15) is 24.6 Å². The third-order valence-corrected chi connectivity index (χ3v) is 5.98. The van der Waals surface area contributed by atoms with Crippen LogP contribution in [0.3, 0.4) is 0 Å². The molecule has 0 aromatic heterocycles. The van der Waals surface area contributed by atoms with Crippen LogP contribution in [0.4, 0.5) is 4.79 Å². The molecule has 0 radical (unpaired) electrons. The summed E-state index contributed by atoms with van der Waals surface area (Å²) in [6.07, 6.45) is 0.871. The minimum absolute atomic E-state index is 0.0971. The Labute approximate surface area is 154 Å². The number of carbonyl (C=O) groups excluding carboxylic acids is 1. The van der Waals surface area contributed by atoms with E-state index in [4.69, 9.17) is 4.74 Å². The molecule has 1 heterocycles. The SMILES string of the molecule is CC(C)(C)OC(=O)N[C@@]1(C(=O)O)C[C@H](SC2=NCC=N2)[C@H]2[C@H](C(=O)O)[C@H]21. The van der Waals surface area contributed by atoms with Gasteiger partial charge in [0.25, 0.3) is 0 Å². The van der Waals surface area contributed by atoms with Crippen molar-refractivity contribution >= 4 is 41.2 Å². The van der Waals surface area contributed by atoms with Crippen molar-refractivity contribution < 1.29 is 29.3 Å². The van der Waals surface area contributed by atoms with E-state index < -0.39 is 41.0 Å². The van der Waals surface area contributed by atoms with E-state index >= 15 is 0 Å². The summed E-state index contributed by atoms with van der Waals surface area (Å²) >= 11 is 1.28. The van der Waals surface area contributed by atoms with Gasteiger partial charge in [-0.05, 0) is 33.1 Å². The zero-order chi connectivity index (χ0) is 19.3. The number of nitrogens with one attached hydrogen (secondary N) is 1. The summed E-state index contributed by atoms with van der Waals surface area (Å²) in [4.78, 5) is 44.2. The molecule has 0 spiro atoms. The standard InChI is InChI=1S/C16H21N3O6S/c1-15(2,3)25-14(24)19-16(12(22)23)6-7(26-13-17-4-5-18-13)8-9(10(8)16)11(20)21/h4,7-10H,5-6H2,1-3H3,(H,19,24)(H,20,21)(H,22,23)/t7-,8-,9-,10-,16-/m0/s1. The third kappa shape index (κ3) is 3.29. The number of carbonyl (C=O) groups is 3. The monoisotopic (exact) mass is 383 g/mol. The molecule has 1 aliphatic heterocycles. The maximum Gasteiger partial charge on any atom is 0.408 e. The number of aliphatic imine (C=N–C) groups is 2. The second-order valence-corrected chi connectivity index (χ2v) is 8.87. The van der Waals surface area contributed by atoms with Crippen molar-refractivity contribution in [3.8, 4) is 0 Å². The Morgan fingerprint density at radius 3 is 2.54 bits per heavy atom. The van der Waals surface area contributed by atoms with Crippen LogP contribution >= 0.6 is 11.8 Å². The predicted octanol–water partition coefficient (Wildman–Crippen LogP) is 1.23. The molecule has 0 aromatic carbocycles. The van der Waals surface area contributed by atoms with Gasteiger partial charge in [0.05, 0.1) is 12.5 Å². The van der Waals surface area contributed by atoms with Gasteiger partial charge in [-0.25, -0.2) is 14.6 Å². The lowest BCUT2D eigenvalue weighted by atomic mass is 9.90. The van der Waals surface area contributed by atoms with E-state index in [0.717, 1.165) is 0 Å². The summed E-state index contributed by atoms with van der Waals surface area (Å²) in [5, 5.41) is 22.0. The molecule has 26 heavy (non-hydrogen) atoms. The van der Waals surface area contributed by atoms with Crippen LogP contribution in [0.15, 0.2) is 9.98 Å². The number of aliphatic carboxylic acids is 2. The molecular formula is C16H21N3O6S. The van der Waals surface area contributed by atoms with Gasteiger partial charge in [0.2, 0.25) is 0 Å². The number of thioether (sulfide) groups is 1. The second kappa shape index (κ2) is 6.26. The van der Waals surface area contributed by atoms with E-state index in [1.807, 2.05) is 0 Å². The van der Waals surface area contributed by atoms with Gasteiger partial charge < -0.3 is 20.3 Å². The largest absolute Gasteiger partial charge is 0.481 e. The molecule has 0 aromatic rings. The van der Waals surface area contributed by atoms with Crippen LogP contribution in [0.1, 0.15) is 27.2 Å². The Balaban J connectivity index is 1.84. The van der Waals surface area contributed by atoms with Gasteiger partial charge in [-0.15, -0.1) is 0 Å². The highest BCUT2D eigenvalue weighted by Crippen LogP contribution is 2.65. The van der Waals surface area contributed by atoms with Crippen molar-refractivity contribution in [1.29, 1.82) is 0 Å². The predicted molar refractivity (Wildman–Crippen MR) is 94.6 cm³/mol. The summed E-state index contributed by atoms with van der Waals surface area (Å²) < 4.78 is 5.19. The molecule has 5 atom stereocenters. The quantitative estimate of drug-likeness (QED) is 0.664. The minimum atomic E-state index is -1.67. The van der Waals surface area contributed by atoms with Gasteiger partial charge >= 0.3 is 18.0 Å². The van der Waals surface area contributed by atoms with Crippen LogP contribution < -0.4 is 5.32 Å². The number of ether oxygens (including phenoxy) is 1. The van der Waals surface area contributed by atoms with Gasteiger partial charge in [0.1, 0.15) is 11.1 Å². The topological polar surface area (TPSA) is 138 Å². The fourth-order valence-electron chi connectivity index (χ4n) is 3.85. The number of carboxylic acids is 2. The van der Waals surface area contributed by atoms with Gasteiger partial charge in [0, 0.05) is 17.4 Å². The van der Waals surface area contributed by atoms with Crippen LogP contribution in [0.5, 0.6) is 0 Å². The molecule has 142 valence electrons. The summed E-state index contributed by atoms with van der Waals surface area (Å²) in [6.45, 7) is 5.47. The van der Waals surface area contributed by atoms with Gasteiger partial charge in [-0.1, -0.05) is 11.8 Å². The summed E-state index contributed by atoms with van der Waals surface area (Å²) in [6, 6.07) is 0. The molecule has 2 fully saturated rings. The molecule has 3 aliphatic rings. The van der Waals surface area contributed by atoms with Gasteiger partial charge in [-0.3, -0.25) is 9.79 Å². The van der Waals surface area contributed by atoms with E-state index in [-0.39, 0.29) is 17.6 Å². The van der Waals surface area contributed by atoms with Crippen molar-refractivity contribution in [2.45, 2.75) is 43.6 Å². The molecular weight excluding hydrogens is 362 g/mol. The normalized spacial score (nSPS) is 34.8. The highest BCUT2D eigenvalue weighted by atomic mass is 32.2. The lowest BCUT2D eigenvalue weighted by Crippen LogP contribution is -2.57. The molecule has 3 N–H and O–H groups in total. The first kappa shape index (κ1) is 18.7. The first-order valence-corrected chi connectivity index (χ1v) is 9.14. The number of rotatable bonds is 4. The lowest BCUT2D eigenvalue weighted by Gasteiger charge is -2.31. The first-order valence-electron chi connectivity index (χ1n) is 8.26. The Bertz CT molecular complexity index is 715. The van der Waals surface area contributed by atoms with Crippen LogP contribution in [-0.2, 0) is 14.3 Å². The fraction of sp³-hybridized carbons (Fsp3) is 0.688. The molecule has 2 saturated carbocycles. The molecule has 0 bridgehead atoms. The lowest BCUT2D eigenvalue weighted by molar-refractivity contribution is -0.147. The van der Waals surface area contributed by atoms with E-state index in [2.05, 4.69) is 15.3 Å². The van der Waals surface area contributed by atoms with E-state index in [0.29, 0.717) is 11.7 Å². The number of nitrogens with zero attached hydrogens (tertiary/aromatic N) is 2. The van der Waals surface area contributed by atoms with Gasteiger partial charge in [-0.2, -0.15) is 0 Å². The third-order valence-electron chi connectivity index (χ3n) is 4.75. The molecule has 2 aliphatic carbocycles. The molecule has 3 rings (SSSR count). The molecule has 10 heteroatoms. The first-order chi connectivity index (χ1) is 12.0. The Morgan fingerprint density at radius 2 is 2.04 bits per heavy atom. The average molecular weight is 383 g/mol. The Kier molecular flexibility index (Phi) is 4.50. The number of amidine groups is 1. The summed E-state index contributed by atoms with van der Waals surface area (Å²) in [5.41, 5.74) is -2.46. The number of hydrogen-bond donors (Lipinski definition) is 3. The van der Waals surface area contributed by atoms with Crippen molar-refractivity contribution in [3.63, 3.8) is 0 Å². The van der Waals surface area contributed by atoms with E-state index in [1.54, 1.807) is 27.0 Å². The molecule has 0 unspecified atom stereocenters. The number of amides is 1. The number of alkyl carbamates (subject to hydrolysis) is 1. The zero-order valence-electron chi connectivity index (χ0n) is 14.6. The number of fused-ring (bicyclic) bond motifs is 1. The van der Waals surface area contributed by atoms with Crippen LogP contribution in [0.2, 0.25) is 0 Å². The maximum atomic E-state index is 12.2. The average Bonchev–Trinajstić information content (AvgIpc) is 2.89. The van der Waals surface area contributed by atoms with Crippen molar-refractivity contribution in [3.05, 3.63) is 0 Å². The van der Waals surface area contributed by atoms with Crippen LogP contribution in [0.25, 0.3) is 0 Å². The van der Waals surface area contributed by atoms with Crippen LogP contribution in [0, 0.1) is 17.8 Å². The highest BCUT2D eigenvalue weighted by Gasteiger charge is 2.76. The number of carboxylic acid groups (broad SMARTS) is 2. The molecule has 1 amide bonds. The highest BCUT2D eigenvalue weighted by molar-refractivity contribution is 8.14. The smallest absolute Gasteiger partial charge is 0.408 e. The second-order valence-electron chi connectivity index (χ2n) is 7.67. The molecule has 0 saturated heterocycles. The fourth-order valence-corrected chi connectivity index (χ4v) is 5.24. The van der Waals surface area contributed by atoms with E-state index in [1.165, 1.54) is 11.8 Å². The Morgan fingerprint density at radius 1 is 1.35 bits per heavy atom. The Hall–Kier alpha value is -2.10. The van der Waals surface area contributed by atoms with Crippen LogP contribution in [-0.4, -0.2) is 62.6 Å². The zero-order valence-corrected chi connectivity index (χ0v) is 15.4. The van der Waals surface area contributed by atoms with Crippen molar-refractivity contribution in [1.82, 2.24) is 5.32 Å². The summed E-state index contributed by atoms with van der Waals surface area (Å²) in [7, 11) is 0. The van der Waals surface area contributed by atoms with Crippen molar-refractivity contribution in [2.24, 2.45) is 27.7 Å². The molecule has 9 nitrogen and oxygen atoms in total. The van der Waals surface area contributed by atoms with Gasteiger partial charge in [0.15, 0.2) is 5.17 Å². The summed E-state index contributed by atoms with van der Waals surface area (Å²) in [5.74, 6) is -4.17. The number of hydrogen-bond acceptors (Lipinski definition) is 7. The minimum Gasteiger partial charge on any atom is -0.481 e. The van der Waals surface area contributed by atoms with Crippen molar-refractivity contribution in [2.75, 3.05) is 6.54 Å². The maximum absolute atomic E-state index is 12.2.